The van der Waals surface area contributed by atoms with Crippen LogP contribution in [0.2, 0.25) is 0 Å². The molecular formula is C75H82BN3. The number of aryl methyl sites for hydroxylation is 1. The topological polar surface area (TPSA) is 9.72 Å². The van der Waals surface area contributed by atoms with Crippen LogP contribution in [0.25, 0.3) is 0 Å². The van der Waals surface area contributed by atoms with Crippen molar-refractivity contribution in [3.05, 3.63) is 214 Å². The van der Waals surface area contributed by atoms with Gasteiger partial charge in [0.25, 0.3) is 6.71 Å². The smallest absolute Gasteiger partial charge is 0.252 e. The Morgan fingerprint density at radius 2 is 0.848 bits per heavy atom. The Labute approximate surface area is 474 Å². The third-order valence-corrected chi connectivity index (χ3v) is 20.5. The Kier molecular flexibility index (Phi) is 11.4. The van der Waals surface area contributed by atoms with E-state index in [1.807, 2.05) is 0 Å². The van der Waals surface area contributed by atoms with Crippen LogP contribution in [-0.4, -0.2) is 6.71 Å². The first-order valence-electron chi connectivity index (χ1n) is 29.7. The van der Waals surface area contributed by atoms with Gasteiger partial charge in [0.1, 0.15) is 0 Å². The van der Waals surface area contributed by atoms with Gasteiger partial charge in [0.15, 0.2) is 0 Å². The van der Waals surface area contributed by atoms with Crippen molar-refractivity contribution in [2.45, 2.75) is 174 Å². The lowest BCUT2D eigenvalue weighted by molar-refractivity contribution is 0.332. The zero-order valence-corrected chi connectivity index (χ0v) is 50.0. The lowest BCUT2D eigenvalue weighted by Gasteiger charge is -2.47. The fourth-order valence-electron chi connectivity index (χ4n) is 15.8. The molecule has 0 saturated heterocycles. The molecule has 79 heavy (non-hydrogen) atoms. The maximum Gasteiger partial charge on any atom is 0.252 e. The first-order valence-corrected chi connectivity index (χ1v) is 29.7. The van der Waals surface area contributed by atoms with E-state index in [1.54, 1.807) is 0 Å². The molecule has 0 fully saturated rings. The van der Waals surface area contributed by atoms with Gasteiger partial charge < -0.3 is 14.7 Å². The Bertz CT molecular complexity index is 3720. The largest absolute Gasteiger partial charge is 0.311 e. The molecule has 3 nitrogen and oxygen atoms in total. The highest BCUT2D eigenvalue weighted by Crippen LogP contribution is 2.57. The second-order valence-electron chi connectivity index (χ2n) is 29.1. The summed E-state index contributed by atoms with van der Waals surface area (Å²) in [5, 5.41) is 0. The molecule has 0 aromatic heterocycles. The van der Waals surface area contributed by atoms with Gasteiger partial charge in [-0.3, -0.25) is 0 Å². The Morgan fingerprint density at radius 3 is 1.43 bits per heavy atom. The molecule has 2 heterocycles. The van der Waals surface area contributed by atoms with Crippen molar-refractivity contribution in [1.82, 2.24) is 0 Å². The molecule has 3 aliphatic carbocycles. The third-order valence-electron chi connectivity index (χ3n) is 20.5. The lowest BCUT2D eigenvalue weighted by Crippen LogP contribution is -2.61. The number of nitrogens with zero attached hydrogens (tertiary/aromatic N) is 3. The van der Waals surface area contributed by atoms with Crippen LogP contribution in [0.3, 0.4) is 0 Å². The van der Waals surface area contributed by atoms with Crippen LogP contribution >= 0.6 is 0 Å². The first-order chi connectivity index (χ1) is 37.3. The molecule has 0 unspecified atom stereocenters. The van der Waals surface area contributed by atoms with Crippen LogP contribution in [0.1, 0.15) is 179 Å². The van der Waals surface area contributed by atoms with Crippen molar-refractivity contribution in [3.8, 4) is 0 Å². The van der Waals surface area contributed by atoms with Crippen LogP contribution in [0, 0.1) is 6.92 Å². The van der Waals surface area contributed by atoms with Gasteiger partial charge >= 0.3 is 0 Å². The van der Waals surface area contributed by atoms with Crippen molar-refractivity contribution in [3.63, 3.8) is 0 Å². The highest BCUT2D eigenvalue weighted by atomic mass is 15.2. The number of anilines is 9. The fraction of sp³-hybridized carbons (Fsp3) is 0.360. The number of hydrogen-bond acceptors (Lipinski definition) is 3. The van der Waals surface area contributed by atoms with E-state index in [-0.39, 0.29) is 44.6 Å². The van der Waals surface area contributed by atoms with E-state index in [1.165, 1.54) is 113 Å². The molecule has 4 heteroatoms. The van der Waals surface area contributed by atoms with Gasteiger partial charge in [-0.2, -0.15) is 0 Å². The molecule has 0 saturated carbocycles. The number of benzene rings is 8. The third kappa shape index (κ3) is 7.95. The average molecular weight is 1040 g/mol. The number of para-hydroxylation sites is 2. The normalized spacial score (nSPS) is 19.1. The van der Waals surface area contributed by atoms with Crippen LogP contribution in [0.5, 0.6) is 0 Å². The Balaban J connectivity index is 1.20. The Morgan fingerprint density at radius 1 is 0.380 bits per heavy atom. The molecule has 0 amide bonds. The number of rotatable bonds is 7. The van der Waals surface area contributed by atoms with Crippen molar-refractivity contribution >= 4 is 74.3 Å². The first kappa shape index (κ1) is 51.6. The maximum atomic E-state index is 2.76. The number of fused-ring (bicyclic) bond motifs is 7. The SMILES string of the molecule is Cc1cc2c(cc1N1c3cc4c(cc3B3c5ccc(C(C)(C)c6ccccc6)cc5N(c5ccc6c(c5)C(C)(C)CCC6(C)C)c5cc(N(c6ccccc6)c6ccccc6)cc1c53)C(C)(C)CC4(C)C)C(C)(C)CCC2(C)C. The molecule has 0 N–H and O–H groups in total. The molecule has 0 spiro atoms. The molecule has 400 valence electrons. The summed E-state index contributed by atoms with van der Waals surface area (Å²) < 4.78 is 0. The molecule has 0 atom stereocenters. The quantitative estimate of drug-likeness (QED) is 0.147. The molecule has 0 bridgehead atoms. The van der Waals surface area contributed by atoms with Crippen molar-refractivity contribution in [2.75, 3.05) is 14.7 Å². The summed E-state index contributed by atoms with van der Waals surface area (Å²) in [6, 6.07) is 64.2. The van der Waals surface area contributed by atoms with E-state index in [0.717, 1.165) is 36.3 Å². The van der Waals surface area contributed by atoms with Gasteiger partial charge in [-0.1, -0.05) is 194 Å². The van der Waals surface area contributed by atoms with Crippen molar-refractivity contribution in [1.29, 1.82) is 0 Å². The molecule has 2 aliphatic heterocycles. The van der Waals surface area contributed by atoms with E-state index in [9.17, 15) is 0 Å². The van der Waals surface area contributed by atoms with E-state index in [4.69, 9.17) is 0 Å². The van der Waals surface area contributed by atoms with E-state index >= 15 is 0 Å². The minimum atomic E-state index is -0.265. The van der Waals surface area contributed by atoms with Crippen LogP contribution in [0.15, 0.2) is 164 Å². The van der Waals surface area contributed by atoms with Crippen molar-refractivity contribution in [2.24, 2.45) is 0 Å². The van der Waals surface area contributed by atoms with Gasteiger partial charge in [0.05, 0.1) is 5.69 Å². The van der Waals surface area contributed by atoms with E-state index < -0.39 is 0 Å². The second kappa shape index (κ2) is 17.4. The monoisotopic (exact) mass is 1040 g/mol. The Hall–Kier alpha value is -6.78. The van der Waals surface area contributed by atoms with E-state index in [0.29, 0.717) is 0 Å². The zero-order chi connectivity index (χ0) is 55.6. The number of hydrogen-bond donors (Lipinski definition) is 0. The minimum absolute atomic E-state index is 0.00483. The van der Waals surface area contributed by atoms with Crippen LogP contribution in [-0.2, 0) is 37.9 Å². The summed E-state index contributed by atoms with van der Waals surface area (Å²) in [6.45, 7) is 36.9. The second-order valence-corrected chi connectivity index (χ2v) is 29.1. The molecule has 13 rings (SSSR count). The molecular weight excluding hydrogens is 954 g/mol. The summed E-state index contributed by atoms with van der Waals surface area (Å²) in [4.78, 5) is 7.96. The lowest BCUT2D eigenvalue weighted by atomic mass is 9.33. The summed E-state index contributed by atoms with van der Waals surface area (Å²) in [5.41, 5.74) is 27.8. The van der Waals surface area contributed by atoms with Crippen LogP contribution in [0.4, 0.5) is 51.2 Å². The predicted molar refractivity (Wildman–Crippen MR) is 340 cm³/mol. The average Bonchev–Trinajstić information content (AvgIpc) is 3.88. The van der Waals surface area contributed by atoms with Gasteiger partial charge in [-0.05, 0) is 205 Å². The molecule has 8 aromatic rings. The minimum Gasteiger partial charge on any atom is -0.311 e. The summed E-state index contributed by atoms with van der Waals surface area (Å²) in [5.74, 6) is 0. The van der Waals surface area contributed by atoms with Gasteiger partial charge in [-0.15, -0.1) is 0 Å². The van der Waals surface area contributed by atoms with Gasteiger partial charge in [0, 0.05) is 50.9 Å². The highest BCUT2D eigenvalue weighted by molar-refractivity contribution is 7.00. The fourth-order valence-corrected chi connectivity index (χ4v) is 15.8. The van der Waals surface area contributed by atoms with E-state index in [2.05, 4.69) is 282 Å². The van der Waals surface area contributed by atoms with Crippen molar-refractivity contribution < 1.29 is 0 Å². The molecule has 0 radical (unpaired) electrons. The summed E-state index contributed by atoms with van der Waals surface area (Å²) >= 11 is 0. The standard InChI is InChI=1S/C75H82BN3/c1-48-39-56-59(72(8,9)38-37-70(56,4)5)45-63(48)79-65-46-60-58(73(10,11)47-74(60,12)13)44-62(65)76-61-34-31-50(75(14,15)49-25-19-16-20-26-49)40-64(61)78(53-32-33-55-57(41-53)71(6,7)36-35-69(55,2)3)66-42-54(43-67(79)68(66)76)77(51-27-21-17-22-28-51)52-29-23-18-24-30-52/h16-34,39-46H,35-38,47H2,1-15H3. The maximum absolute atomic E-state index is 2.76. The summed E-state index contributed by atoms with van der Waals surface area (Å²) in [7, 11) is 0. The highest BCUT2D eigenvalue weighted by Gasteiger charge is 2.50. The predicted octanol–water partition coefficient (Wildman–Crippen LogP) is 18.5. The summed E-state index contributed by atoms with van der Waals surface area (Å²) in [6.07, 6.45) is 5.76. The molecule has 8 aromatic carbocycles. The zero-order valence-electron chi connectivity index (χ0n) is 50.0. The van der Waals surface area contributed by atoms with Gasteiger partial charge in [-0.25, -0.2) is 0 Å². The van der Waals surface area contributed by atoms with Gasteiger partial charge in [0.2, 0.25) is 0 Å². The molecule has 5 aliphatic rings. The van der Waals surface area contributed by atoms with Crippen LogP contribution < -0.4 is 31.1 Å².